The number of halogens is 1. The largest absolute Gasteiger partial charge is 0.491 e. The summed E-state index contributed by atoms with van der Waals surface area (Å²) in [5, 5.41) is 15.1. The maximum atomic E-state index is 12.8. The summed E-state index contributed by atoms with van der Waals surface area (Å²) in [5.74, 6) is -0.111. The third kappa shape index (κ3) is 8.41. The molecule has 0 saturated heterocycles. The molecular weight excluding hydrogens is 383 g/mol. The third-order valence-corrected chi connectivity index (χ3v) is 4.49. The van der Waals surface area contributed by atoms with Crippen molar-refractivity contribution in [2.75, 3.05) is 30.0 Å². The molecule has 28 heavy (non-hydrogen) atoms. The molecule has 0 aliphatic heterocycles. The molecule has 0 saturated carbocycles. The maximum absolute atomic E-state index is 12.8. The molecule has 6 nitrogen and oxygen atoms in total. The Kier molecular flexibility index (Phi) is 8.77. The first-order valence-electron chi connectivity index (χ1n) is 8.70. The maximum Gasteiger partial charge on any atom is 0.234 e. The van der Waals surface area contributed by atoms with Gasteiger partial charge < -0.3 is 20.5 Å². The molecule has 2 aromatic rings. The molecule has 0 heterocycles. The van der Waals surface area contributed by atoms with Crippen LogP contribution in [0, 0.1) is 12.7 Å². The van der Waals surface area contributed by atoms with Crippen molar-refractivity contribution < 1.29 is 23.8 Å². The van der Waals surface area contributed by atoms with E-state index in [0.717, 1.165) is 17.3 Å². The standard InChI is InChI=1S/C20H23FN2O4S/c1-14-3-2-4-18(9-14)27-11-17(24)10-22-19(25)12-28-13-20(26)23-16-7-5-15(21)6-8-16/h2-9,17,24H,10-13H2,1H3,(H,22,25)(H,23,26). The van der Waals surface area contributed by atoms with Crippen molar-refractivity contribution in [1.29, 1.82) is 0 Å². The van der Waals surface area contributed by atoms with E-state index in [-0.39, 0.29) is 42.3 Å². The minimum atomic E-state index is -0.837. The molecule has 2 rings (SSSR count). The number of thioether (sulfide) groups is 1. The zero-order chi connectivity index (χ0) is 20.4. The number of rotatable bonds is 10. The number of hydrogen-bond acceptors (Lipinski definition) is 5. The number of carbonyl (C=O) groups excluding carboxylic acids is 2. The van der Waals surface area contributed by atoms with E-state index < -0.39 is 6.10 Å². The van der Waals surface area contributed by atoms with Crippen molar-refractivity contribution >= 4 is 29.3 Å². The Morgan fingerprint density at radius 3 is 2.57 bits per heavy atom. The van der Waals surface area contributed by atoms with Gasteiger partial charge >= 0.3 is 0 Å². The Morgan fingerprint density at radius 1 is 1.14 bits per heavy atom. The third-order valence-electron chi connectivity index (χ3n) is 3.56. The minimum Gasteiger partial charge on any atom is -0.491 e. The summed E-state index contributed by atoms with van der Waals surface area (Å²) in [6, 6.07) is 12.9. The summed E-state index contributed by atoms with van der Waals surface area (Å²) in [4.78, 5) is 23.6. The Labute approximate surface area is 167 Å². The van der Waals surface area contributed by atoms with Gasteiger partial charge in [-0.2, -0.15) is 0 Å². The van der Waals surface area contributed by atoms with Crippen LogP contribution in [0.4, 0.5) is 10.1 Å². The highest BCUT2D eigenvalue weighted by atomic mass is 32.2. The van der Waals surface area contributed by atoms with Gasteiger partial charge in [0, 0.05) is 12.2 Å². The van der Waals surface area contributed by atoms with Gasteiger partial charge in [0.1, 0.15) is 24.3 Å². The van der Waals surface area contributed by atoms with Crippen LogP contribution in [0.3, 0.4) is 0 Å². The van der Waals surface area contributed by atoms with Crippen LogP contribution in [0.5, 0.6) is 5.75 Å². The molecule has 1 atom stereocenters. The van der Waals surface area contributed by atoms with Crippen molar-refractivity contribution in [1.82, 2.24) is 5.32 Å². The summed E-state index contributed by atoms with van der Waals surface area (Å²) in [7, 11) is 0. The Balaban J connectivity index is 1.57. The quantitative estimate of drug-likeness (QED) is 0.564. The predicted octanol–water partition coefficient (Wildman–Crippen LogP) is 2.36. The number of benzene rings is 2. The fourth-order valence-corrected chi connectivity index (χ4v) is 2.85. The molecule has 0 aromatic heterocycles. The lowest BCUT2D eigenvalue weighted by molar-refractivity contribution is -0.119. The molecule has 0 aliphatic carbocycles. The lowest BCUT2D eigenvalue weighted by Gasteiger charge is -2.13. The van der Waals surface area contributed by atoms with E-state index in [1.165, 1.54) is 24.3 Å². The van der Waals surface area contributed by atoms with Crippen LogP contribution in [0.1, 0.15) is 5.56 Å². The van der Waals surface area contributed by atoms with E-state index in [1.54, 1.807) is 6.07 Å². The highest BCUT2D eigenvalue weighted by molar-refractivity contribution is 8.00. The highest BCUT2D eigenvalue weighted by Crippen LogP contribution is 2.12. The topological polar surface area (TPSA) is 87.7 Å². The van der Waals surface area contributed by atoms with E-state index in [4.69, 9.17) is 4.74 Å². The van der Waals surface area contributed by atoms with Crippen LogP contribution in [0.25, 0.3) is 0 Å². The summed E-state index contributed by atoms with van der Waals surface area (Å²) in [6.45, 7) is 2.07. The normalized spacial score (nSPS) is 11.5. The van der Waals surface area contributed by atoms with Gasteiger partial charge in [0.05, 0.1) is 11.5 Å². The number of anilines is 1. The van der Waals surface area contributed by atoms with Crippen molar-refractivity contribution in [3.05, 3.63) is 59.9 Å². The molecule has 0 bridgehead atoms. The van der Waals surface area contributed by atoms with Gasteiger partial charge in [0.15, 0.2) is 0 Å². The Bertz CT molecular complexity index is 786. The first kappa shape index (κ1) is 21.7. The van der Waals surface area contributed by atoms with Crippen LogP contribution in [0.2, 0.25) is 0 Å². The average Bonchev–Trinajstić information content (AvgIpc) is 2.66. The van der Waals surface area contributed by atoms with Crippen molar-refractivity contribution in [3.63, 3.8) is 0 Å². The zero-order valence-corrected chi connectivity index (χ0v) is 16.3. The summed E-state index contributed by atoms with van der Waals surface area (Å²) < 4.78 is 18.3. The molecule has 0 spiro atoms. The van der Waals surface area contributed by atoms with Crippen LogP contribution >= 0.6 is 11.8 Å². The van der Waals surface area contributed by atoms with Crippen molar-refractivity contribution in [2.24, 2.45) is 0 Å². The number of ether oxygens (including phenoxy) is 1. The van der Waals surface area contributed by atoms with Crippen molar-refractivity contribution in [2.45, 2.75) is 13.0 Å². The molecule has 0 aliphatic rings. The molecule has 2 amide bonds. The smallest absolute Gasteiger partial charge is 0.234 e. The van der Waals surface area contributed by atoms with E-state index >= 15 is 0 Å². The Morgan fingerprint density at radius 2 is 1.86 bits per heavy atom. The molecule has 2 aromatic carbocycles. The fraction of sp³-hybridized carbons (Fsp3) is 0.300. The number of amides is 2. The highest BCUT2D eigenvalue weighted by Gasteiger charge is 2.10. The first-order valence-corrected chi connectivity index (χ1v) is 9.85. The van der Waals surface area contributed by atoms with E-state index in [1.807, 2.05) is 25.1 Å². The summed E-state index contributed by atoms with van der Waals surface area (Å²) >= 11 is 1.14. The molecule has 0 radical (unpaired) electrons. The molecule has 150 valence electrons. The molecule has 3 N–H and O–H groups in total. The molecule has 0 fully saturated rings. The van der Waals surface area contributed by atoms with Gasteiger partial charge in [0.2, 0.25) is 11.8 Å². The lowest BCUT2D eigenvalue weighted by atomic mass is 10.2. The number of carbonyl (C=O) groups is 2. The first-order chi connectivity index (χ1) is 13.4. The second-order valence-electron chi connectivity index (χ2n) is 6.13. The van der Waals surface area contributed by atoms with Crippen LogP contribution in [-0.4, -0.2) is 47.7 Å². The number of aliphatic hydroxyl groups excluding tert-OH is 1. The number of hydrogen-bond donors (Lipinski definition) is 3. The molecular formula is C20H23FN2O4S. The van der Waals surface area contributed by atoms with E-state index in [0.29, 0.717) is 11.4 Å². The van der Waals surface area contributed by atoms with Crippen LogP contribution < -0.4 is 15.4 Å². The predicted molar refractivity (Wildman–Crippen MR) is 108 cm³/mol. The van der Waals surface area contributed by atoms with E-state index in [2.05, 4.69) is 10.6 Å². The van der Waals surface area contributed by atoms with Gasteiger partial charge in [-0.05, 0) is 48.9 Å². The fourth-order valence-electron chi connectivity index (χ4n) is 2.21. The van der Waals surface area contributed by atoms with Gasteiger partial charge in [-0.25, -0.2) is 4.39 Å². The SMILES string of the molecule is Cc1cccc(OCC(O)CNC(=O)CSCC(=O)Nc2ccc(F)cc2)c1. The molecule has 1 unspecified atom stereocenters. The Hall–Kier alpha value is -2.58. The van der Waals surface area contributed by atoms with Crippen LogP contribution in [-0.2, 0) is 9.59 Å². The monoisotopic (exact) mass is 406 g/mol. The number of aryl methyl sites for hydroxylation is 1. The second kappa shape index (κ2) is 11.3. The average molecular weight is 406 g/mol. The molecule has 8 heteroatoms. The number of nitrogens with one attached hydrogen (secondary N) is 2. The zero-order valence-electron chi connectivity index (χ0n) is 15.5. The summed E-state index contributed by atoms with van der Waals surface area (Å²) in [5.41, 5.74) is 1.55. The lowest BCUT2D eigenvalue weighted by Crippen LogP contribution is -2.36. The van der Waals surface area contributed by atoms with Crippen LogP contribution in [0.15, 0.2) is 48.5 Å². The second-order valence-corrected chi connectivity index (χ2v) is 7.12. The number of aliphatic hydroxyl groups is 1. The summed E-state index contributed by atoms with van der Waals surface area (Å²) in [6.07, 6.45) is -0.837. The van der Waals surface area contributed by atoms with E-state index in [9.17, 15) is 19.1 Å². The van der Waals surface area contributed by atoms with Crippen molar-refractivity contribution in [3.8, 4) is 5.75 Å². The van der Waals surface area contributed by atoms with Gasteiger partial charge in [-0.1, -0.05) is 12.1 Å². The van der Waals surface area contributed by atoms with Gasteiger partial charge in [0.25, 0.3) is 0 Å². The minimum absolute atomic E-state index is 0.0625. The van der Waals surface area contributed by atoms with Gasteiger partial charge in [-0.15, -0.1) is 11.8 Å². The van der Waals surface area contributed by atoms with Gasteiger partial charge in [-0.3, -0.25) is 9.59 Å².